The van der Waals surface area contributed by atoms with Crippen LogP contribution in [-0.4, -0.2) is 42.8 Å². The average Bonchev–Trinajstić information content (AvgIpc) is 2.69. The maximum atomic E-state index is 13.0. The molecule has 2 heterocycles. The molecule has 6 nitrogen and oxygen atoms in total. The lowest BCUT2D eigenvalue weighted by Gasteiger charge is -2.23. The second-order valence-electron chi connectivity index (χ2n) is 7.57. The number of benzene rings is 1. The lowest BCUT2D eigenvalue weighted by atomic mass is 10.0. The molecule has 0 spiro atoms. The Hall–Kier alpha value is -2.44. The first-order valence-electron chi connectivity index (χ1n) is 9.89. The molecule has 0 radical (unpaired) electrons. The van der Waals surface area contributed by atoms with E-state index in [0.29, 0.717) is 24.6 Å². The Balaban J connectivity index is 1.78. The summed E-state index contributed by atoms with van der Waals surface area (Å²) in [5, 5.41) is 6.25. The lowest BCUT2D eigenvalue weighted by molar-refractivity contribution is 0.0732. The molecule has 0 bridgehead atoms. The van der Waals surface area contributed by atoms with Crippen molar-refractivity contribution in [2.24, 2.45) is 0 Å². The van der Waals surface area contributed by atoms with Gasteiger partial charge in [-0.2, -0.15) is 0 Å². The third-order valence-electron chi connectivity index (χ3n) is 5.12. The number of ether oxygens (including phenoxy) is 1. The standard InChI is InChI=1S/C22H29N3O3/c1-15(2)17-5-4-6-19(13-17)25-11-8-16(3)20(22(25)27)21(26)24-9-7-18-14-28-12-10-23-18/h4-6,8,11,13,15,18,23H,7,9-10,12,14H2,1-3H3,(H,24,26). The summed E-state index contributed by atoms with van der Waals surface area (Å²) >= 11 is 0. The van der Waals surface area contributed by atoms with Crippen LogP contribution in [0.4, 0.5) is 0 Å². The van der Waals surface area contributed by atoms with E-state index in [9.17, 15) is 9.59 Å². The summed E-state index contributed by atoms with van der Waals surface area (Å²) < 4.78 is 6.97. The third-order valence-corrected chi connectivity index (χ3v) is 5.12. The van der Waals surface area contributed by atoms with E-state index in [1.54, 1.807) is 17.7 Å². The first-order valence-corrected chi connectivity index (χ1v) is 9.89. The van der Waals surface area contributed by atoms with Crippen molar-refractivity contribution in [3.63, 3.8) is 0 Å². The van der Waals surface area contributed by atoms with Gasteiger partial charge in [0.1, 0.15) is 5.56 Å². The maximum Gasteiger partial charge on any atom is 0.268 e. The molecule has 1 aliphatic rings. The van der Waals surface area contributed by atoms with E-state index in [0.717, 1.165) is 30.8 Å². The van der Waals surface area contributed by atoms with Gasteiger partial charge in [0.15, 0.2) is 0 Å². The molecule has 1 atom stereocenters. The molecule has 150 valence electrons. The second kappa shape index (κ2) is 9.17. The molecule has 2 aromatic rings. The van der Waals surface area contributed by atoms with Crippen LogP contribution in [0.5, 0.6) is 0 Å². The van der Waals surface area contributed by atoms with Crippen LogP contribution in [0.15, 0.2) is 41.3 Å². The maximum absolute atomic E-state index is 13.0. The molecule has 3 rings (SSSR count). The van der Waals surface area contributed by atoms with Crippen molar-refractivity contribution < 1.29 is 9.53 Å². The Labute approximate surface area is 165 Å². The first-order chi connectivity index (χ1) is 13.5. The SMILES string of the molecule is Cc1ccn(-c2cccc(C(C)C)c2)c(=O)c1C(=O)NCCC1COCCN1. The van der Waals surface area contributed by atoms with Gasteiger partial charge in [-0.1, -0.05) is 26.0 Å². The molecular weight excluding hydrogens is 354 g/mol. The predicted octanol–water partition coefficient (Wildman–Crippen LogP) is 2.38. The van der Waals surface area contributed by atoms with Crippen molar-refractivity contribution in [2.45, 2.75) is 39.2 Å². The van der Waals surface area contributed by atoms with Gasteiger partial charge >= 0.3 is 0 Å². The molecule has 1 amide bonds. The molecule has 1 aromatic carbocycles. The minimum Gasteiger partial charge on any atom is -0.379 e. The number of hydrogen-bond donors (Lipinski definition) is 2. The summed E-state index contributed by atoms with van der Waals surface area (Å²) in [6.45, 7) is 8.72. The highest BCUT2D eigenvalue weighted by Gasteiger charge is 2.18. The van der Waals surface area contributed by atoms with Crippen LogP contribution < -0.4 is 16.2 Å². The molecule has 6 heteroatoms. The quantitative estimate of drug-likeness (QED) is 0.803. The Bertz CT molecular complexity index is 883. The summed E-state index contributed by atoms with van der Waals surface area (Å²) in [7, 11) is 0. The van der Waals surface area contributed by atoms with Gasteiger partial charge in [-0.25, -0.2) is 0 Å². The smallest absolute Gasteiger partial charge is 0.268 e. The fourth-order valence-electron chi connectivity index (χ4n) is 3.39. The zero-order valence-electron chi connectivity index (χ0n) is 16.8. The van der Waals surface area contributed by atoms with Crippen LogP contribution in [0.3, 0.4) is 0 Å². The number of rotatable bonds is 6. The predicted molar refractivity (Wildman–Crippen MR) is 110 cm³/mol. The number of pyridine rings is 1. The number of nitrogens with one attached hydrogen (secondary N) is 2. The number of carbonyl (C=O) groups is 1. The van der Waals surface area contributed by atoms with Crippen molar-refractivity contribution in [1.29, 1.82) is 0 Å². The van der Waals surface area contributed by atoms with E-state index in [1.165, 1.54) is 0 Å². The lowest BCUT2D eigenvalue weighted by Crippen LogP contribution is -2.43. The van der Waals surface area contributed by atoms with Gasteiger partial charge in [0.25, 0.3) is 11.5 Å². The second-order valence-corrected chi connectivity index (χ2v) is 7.57. The molecule has 0 aliphatic carbocycles. The Kier molecular flexibility index (Phi) is 6.65. The van der Waals surface area contributed by atoms with Crippen LogP contribution in [0.2, 0.25) is 0 Å². The largest absolute Gasteiger partial charge is 0.379 e. The van der Waals surface area contributed by atoms with Gasteiger partial charge < -0.3 is 15.4 Å². The minimum absolute atomic E-state index is 0.199. The number of amides is 1. The van der Waals surface area contributed by atoms with Crippen molar-refractivity contribution in [3.05, 3.63) is 63.6 Å². The molecule has 1 aliphatic heterocycles. The Morgan fingerprint density at radius 3 is 2.89 bits per heavy atom. The van der Waals surface area contributed by atoms with Crippen molar-refractivity contribution >= 4 is 5.91 Å². The summed E-state index contributed by atoms with van der Waals surface area (Å²) in [5.41, 5.74) is 2.51. The molecule has 2 N–H and O–H groups in total. The fraction of sp³-hybridized carbons (Fsp3) is 0.455. The molecule has 1 saturated heterocycles. The topological polar surface area (TPSA) is 72.4 Å². The van der Waals surface area contributed by atoms with Crippen LogP contribution >= 0.6 is 0 Å². The van der Waals surface area contributed by atoms with Crippen molar-refractivity contribution in [2.75, 3.05) is 26.3 Å². The molecule has 28 heavy (non-hydrogen) atoms. The number of morpholine rings is 1. The zero-order chi connectivity index (χ0) is 20.1. The number of nitrogens with zero attached hydrogens (tertiary/aromatic N) is 1. The van der Waals surface area contributed by atoms with Crippen molar-refractivity contribution in [1.82, 2.24) is 15.2 Å². The summed E-state index contributed by atoms with van der Waals surface area (Å²) in [4.78, 5) is 25.8. The monoisotopic (exact) mass is 383 g/mol. The van der Waals surface area contributed by atoms with E-state index in [2.05, 4.69) is 24.5 Å². The Morgan fingerprint density at radius 2 is 2.18 bits per heavy atom. The minimum atomic E-state index is -0.325. The van der Waals surface area contributed by atoms with Gasteiger partial charge in [0.05, 0.1) is 13.2 Å². The number of hydrogen-bond acceptors (Lipinski definition) is 4. The van der Waals surface area contributed by atoms with E-state index in [4.69, 9.17) is 4.74 Å². The normalized spacial score (nSPS) is 16.9. The van der Waals surface area contributed by atoms with E-state index < -0.39 is 0 Å². The van der Waals surface area contributed by atoms with Crippen LogP contribution in [0, 0.1) is 6.92 Å². The number of aryl methyl sites for hydroxylation is 1. The van der Waals surface area contributed by atoms with E-state index >= 15 is 0 Å². The third kappa shape index (κ3) is 4.69. The zero-order valence-corrected chi connectivity index (χ0v) is 16.8. The number of aromatic nitrogens is 1. The van der Waals surface area contributed by atoms with E-state index in [1.807, 2.05) is 30.3 Å². The summed E-state index contributed by atoms with van der Waals surface area (Å²) in [6.07, 6.45) is 2.50. The molecule has 1 unspecified atom stereocenters. The van der Waals surface area contributed by atoms with Gasteiger partial charge in [0, 0.05) is 31.0 Å². The van der Waals surface area contributed by atoms with Gasteiger partial charge in [-0.15, -0.1) is 0 Å². The van der Waals surface area contributed by atoms with Crippen molar-refractivity contribution in [3.8, 4) is 5.69 Å². The molecular formula is C22H29N3O3. The average molecular weight is 383 g/mol. The fourth-order valence-corrected chi connectivity index (χ4v) is 3.39. The highest BCUT2D eigenvalue weighted by Crippen LogP contribution is 2.17. The molecule has 1 fully saturated rings. The Morgan fingerprint density at radius 1 is 1.36 bits per heavy atom. The summed E-state index contributed by atoms with van der Waals surface area (Å²) in [6, 6.07) is 9.92. The van der Waals surface area contributed by atoms with E-state index in [-0.39, 0.29) is 23.1 Å². The summed E-state index contributed by atoms with van der Waals surface area (Å²) in [5.74, 6) is 0.0369. The molecule has 0 saturated carbocycles. The van der Waals surface area contributed by atoms with Crippen LogP contribution in [-0.2, 0) is 4.74 Å². The molecule has 1 aromatic heterocycles. The van der Waals surface area contributed by atoms with Crippen LogP contribution in [0.25, 0.3) is 5.69 Å². The first kappa shape index (κ1) is 20.3. The highest BCUT2D eigenvalue weighted by molar-refractivity contribution is 5.95. The van der Waals surface area contributed by atoms with Gasteiger partial charge in [-0.05, 0) is 48.6 Å². The number of carbonyl (C=O) groups excluding carboxylic acids is 1. The van der Waals surface area contributed by atoms with Gasteiger partial charge in [-0.3, -0.25) is 14.2 Å². The van der Waals surface area contributed by atoms with Crippen LogP contribution in [0.1, 0.15) is 47.7 Å². The highest BCUT2D eigenvalue weighted by atomic mass is 16.5. The van der Waals surface area contributed by atoms with Gasteiger partial charge in [0.2, 0.25) is 0 Å².